The first-order valence-corrected chi connectivity index (χ1v) is 6.07. The van der Waals surface area contributed by atoms with Gasteiger partial charge < -0.3 is 9.47 Å². The Labute approximate surface area is 98.7 Å². The largest absolute Gasteiger partial charge is 0.491 e. The summed E-state index contributed by atoms with van der Waals surface area (Å²) >= 11 is 3.39. The summed E-state index contributed by atoms with van der Waals surface area (Å²) in [6, 6.07) is 7.88. The van der Waals surface area contributed by atoms with Crippen molar-refractivity contribution in [2.24, 2.45) is 0 Å². The summed E-state index contributed by atoms with van der Waals surface area (Å²) in [5.41, 5.74) is 0. The van der Waals surface area contributed by atoms with E-state index in [1.54, 1.807) is 0 Å². The Morgan fingerprint density at radius 1 is 1.33 bits per heavy atom. The molecule has 15 heavy (non-hydrogen) atoms. The molecule has 1 aromatic carbocycles. The fourth-order valence-corrected chi connectivity index (χ4v) is 1.99. The van der Waals surface area contributed by atoms with Crippen LogP contribution >= 0.6 is 15.9 Å². The molecule has 2 atom stereocenters. The molecule has 2 nitrogen and oxygen atoms in total. The van der Waals surface area contributed by atoms with E-state index in [0.717, 1.165) is 23.1 Å². The van der Waals surface area contributed by atoms with Crippen LogP contribution in [-0.4, -0.2) is 18.8 Å². The van der Waals surface area contributed by atoms with Crippen LogP contribution in [0.2, 0.25) is 0 Å². The molecule has 0 bridgehead atoms. The van der Waals surface area contributed by atoms with E-state index in [1.807, 2.05) is 24.3 Å². The van der Waals surface area contributed by atoms with E-state index in [1.165, 1.54) is 0 Å². The highest BCUT2D eigenvalue weighted by Crippen LogP contribution is 2.21. The Balaban J connectivity index is 1.80. The molecule has 1 aliphatic heterocycles. The van der Waals surface area contributed by atoms with Crippen LogP contribution in [0.1, 0.15) is 19.8 Å². The molecule has 0 aliphatic carbocycles. The molecule has 0 amide bonds. The highest BCUT2D eigenvalue weighted by Gasteiger charge is 2.21. The van der Waals surface area contributed by atoms with Gasteiger partial charge in [0.25, 0.3) is 0 Å². The van der Waals surface area contributed by atoms with Crippen molar-refractivity contribution in [2.75, 3.05) is 6.61 Å². The summed E-state index contributed by atoms with van der Waals surface area (Å²) in [6.07, 6.45) is 2.92. The third kappa shape index (κ3) is 3.21. The van der Waals surface area contributed by atoms with E-state index in [9.17, 15) is 0 Å². The van der Waals surface area contributed by atoms with Crippen LogP contribution < -0.4 is 4.74 Å². The Morgan fingerprint density at radius 2 is 2.07 bits per heavy atom. The zero-order valence-electron chi connectivity index (χ0n) is 8.78. The Kier molecular flexibility index (Phi) is 3.65. The molecule has 0 radical (unpaired) electrons. The number of rotatable bonds is 3. The molecule has 1 aliphatic rings. The molecule has 82 valence electrons. The topological polar surface area (TPSA) is 18.5 Å². The zero-order valence-corrected chi connectivity index (χ0v) is 10.4. The number of hydrogen-bond acceptors (Lipinski definition) is 2. The van der Waals surface area contributed by atoms with Gasteiger partial charge in [-0.25, -0.2) is 0 Å². The summed E-state index contributed by atoms with van der Waals surface area (Å²) < 4.78 is 12.4. The monoisotopic (exact) mass is 270 g/mol. The predicted octanol–water partition coefficient (Wildman–Crippen LogP) is 3.40. The second kappa shape index (κ2) is 4.99. The molecule has 0 N–H and O–H groups in total. The number of benzene rings is 1. The smallest absolute Gasteiger partial charge is 0.119 e. The van der Waals surface area contributed by atoms with Crippen LogP contribution in [0.25, 0.3) is 0 Å². The van der Waals surface area contributed by atoms with Gasteiger partial charge in [0.15, 0.2) is 0 Å². The second-order valence-electron chi connectivity index (χ2n) is 3.91. The quantitative estimate of drug-likeness (QED) is 0.838. The molecule has 1 heterocycles. The van der Waals surface area contributed by atoms with Crippen LogP contribution in [0.5, 0.6) is 5.75 Å². The van der Waals surface area contributed by atoms with E-state index in [0.29, 0.717) is 12.7 Å². The van der Waals surface area contributed by atoms with Gasteiger partial charge in [-0.05, 0) is 44.0 Å². The lowest BCUT2D eigenvalue weighted by Crippen LogP contribution is -2.17. The highest BCUT2D eigenvalue weighted by molar-refractivity contribution is 9.10. The Morgan fingerprint density at radius 3 is 2.67 bits per heavy atom. The van der Waals surface area contributed by atoms with Crippen molar-refractivity contribution in [1.29, 1.82) is 0 Å². The Bertz CT molecular complexity index is 310. The minimum absolute atomic E-state index is 0.267. The molecule has 2 rings (SSSR count). The lowest BCUT2D eigenvalue weighted by Gasteiger charge is -2.12. The molecule has 1 saturated heterocycles. The fourth-order valence-electron chi connectivity index (χ4n) is 1.73. The van der Waals surface area contributed by atoms with Gasteiger partial charge in [-0.1, -0.05) is 15.9 Å². The van der Waals surface area contributed by atoms with Crippen LogP contribution in [0.15, 0.2) is 28.7 Å². The van der Waals surface area contributed by atoms with Crippen molar-refractivity contribution in [2.45, 2.75) is 32.0 Å². The molecule has 0 spiro atoms. The minimum Gasteiger partial charge on any atom is -0.491 e. The highest BCUT2D eigenvalue weighted by atomic mass is 79.9. The van der Waals surface area contributed by atoms with Gasteiger partial charge in [0.2, 0.25) is 0 Å². The average molecular weight is 271 g/mol. The predicted molar refractivity (Wildman–Crippen MR) is 63.2 cm³/mol. The summed E-state index contributed by atoms with van der Waals surface area (Å²) in [4.78, 5) is 0. The molecule has 1 fully saturated rings. The van der Waals surface area contributed by atoms with E-state index in [2.05, 4.69) is 22.9 Å². The zero-order chi connectivity index (χ0) is 10.7. The summed E-state index contributed by atoms with van der Waals surface area (Å²) in [5, 5.41) is 0. The van der Waals surface area contributed by atoms with E-state index >= 15 is 0 Å². The van der Waals surface area contributed by atoms with Crippen molar-refractivity contribution in [3.63, 3.8) is 0 Å². The van der Waals surface area contributed by atoms with Crippen LogP contribution in [-0.2, 0) is 4.74 Å². The minimum atomic E-state index is 0.267. The van der Waals surface area contributed by atoms with Crippen molar-refractivity contribution in [3.8, 4) is 5.75 Å². The van der Waals surface area contributed by atoms with Crippen LogP contribution in [0.4, 0.5) is 0 Å². The van der Waals surface area contributed by atoms with E-state index < -0.39 is 0 Å². The lowest BCUT2D eigenvalue weighted by atomic mass is 10.2. The molecular formula is C12H15BrO2. The standard InChI is InChI=1S/C12H15BrO2/c1-9-2-5-12(15-9)8-14-11-6-3-10(13)4-7-11/h3-4,6-7,9,12H,2,5,8H2,1H3. The fraction of sp³-hybridized carbons (Fsp3) is 0.500. The maximum absolute atomic E-state index is 5.67. The number of halogens is 1. The first kappa shape index (κ1) is 11.0. The van der Waals surface area contributed by atoms with Gasteiger partial charge in [-0.2, -0.15) is 0 Å². The molecule has 1 aromatic rings. The van der Waals surface area contributed by atoms with Crippen molar-refractivity contribution < 1.29 is 9.47 Å². The van der Waals surface area contributed by atoms with Crippen molar-refractivity contribution in [1.82, 2.24) is 0 Å². The Hall–Kier alpha value is -0.540. The molecule has 0 aromatic heterocycles. The van der Waals surface area contributed by atoms with Gasteiger partial charge >= 0.3 is 0 Å². The summed E-state index contributed by atoms with van der Waals surface area (Å²) in [6.45, 7) is 2.77. The average Bonchev–Trinajstić information content (AvgIpc) is 2.64. The molecule has 2 unspecified atom stereocenters. The van der Waals surface area contributed by atoms with Crippen LogP contribution in [0.3, 0.4) is 0 Å². The van der Waals surface area contributed by atoms with Gasteiger partial charge in [0.05, 0.1) is 12.2 Å². The third-order valence-electron chi connectivity index (χ3n) is 2.57. The summed E-state index contributed by atoms with van der Waals surface area (Å²) in [5.74, 6) is 0.904. The SMILES string of the molecule is CC1CCC(COc2ccc(Br)cc2)O1. The van der Waals surface area contributed by atoms with Gasteiger partial charge in [0.1, 0.15) is 12.4 Å². The normalized spacial score (nSPS) is 25.5. The van der Waals surface area contributed by atoms with Crippen molar-refractivity contribution in [3.05, 3.63) is 28.7 Å². The van der Waals surface area contributed by atoms with Gasteiger partial charge in [-0.3, -0.25) is 0 Å². The molecular weight excluding hydrogens is 256 g/mol. The maximum atomic E-state index is 5.67. The first-order valence-electron chi connectivity index (χ1n) is 5.28. The van der Waals surface area contributed by atoms with Crippen LogP contribution in [0, 0.1) is 0 Å². The molecule has 0 saturated carbocycles. The first-order chi connectivity index (χ1) is 7.24. The van der Waals surface area contributed by atoms with Crippen molar-refractivity contribution >= 4 is 15.9 Å². The lowest BCUT2D eigenvalue weighted by molar-refractivity contribution is 0.0264. The summed E-state index contributed by atoms with van der Waals surface area (Å²) in [7, 11) is 0. The third-order valence-corrected chi connectivity index (χ3v) is 3.10. The number of hydrogen-bond donors (Lipinski definition) is 0. The maximum Gasteiger partial charge on any atom is 0.119 e. The molecule has 3 heteroatoms. The van der Waals surface area contributed by atoms with E-state index in [-0.39, 0.29) is 6.10 Å². The second-order valence-corrected chi connectivity index (χ2v) is 4.83. The number of ether oxygens (including phenoxy) is 2. The van der Waals surface area contributed by atoms with Gasteiger partial charge in [0, 0.05) is 4.47 Å². The van der Waals surface area contributed by atoms with Gasteiger partial charge in [-0.15, -0.1) is 0 Å². The van der Waals surface area contributed by atoms with E-state index in [4.69, 9.17) is 9.47 Å².